The van der Waals surface area contributed by atoms with Crippen molar-refractivity contribution in [1.82, 2.24) is 15.1 Å². The Morgan fingerprint density at radius 1 is 1.12 bits per heavy atom. The first-order valence-electron chi connectivity index (χ1n) is 9.07. The van der Waals surface area contributed by atoms with Gasteiger partial charge in [-0.25, -0.2) is 0 Å². The van der Waals surface area contributed by atoms with Gasteiger partial charge in [0.25, 0.3) is 5.91 Å². The van der Waals surface area contributed by atoms with E-state index in [0.717, 1.165) is 50.4 Å². The maximum absolute atomic E-state index is 12.5. The molecule has 3 rings (SSSR count). The van der Waals surface area contributed by atoms with E-state index in [2.05, 4.69) is 15.1 Å². The van der Waals surface area contributed by atoms with Crippen molar-refractivity contribution >= 4 is 23.2 Å². The zero-order valence-corrected chi connectivity index (χ0v) is 15.0. The Morgan fingerprint density at radius 3 is 2.54 bits per heavy atom. The van der Waals surface area contributed by atoms with Crippen LogP contribution in [0.2, 0.25) is 0 Å². The average Bonchev–Trinajstić information content (AvgIpc) is 3.17. The molecule has 1 aliphatic heterocycles. The molecule has 2 aliphatic rings. The van der Waals surface area contributed by atoms with Gasteiger partial charge in [0.15, 0.2) is 0 Å². The van der Waals surface area contributed by atoms with Crippen LogP contribution in [0.25, 0.3) is 0 Å². The zero-order valence-electron chi connectivity index (χ0n) is 14.2. The van der Waals surface area contributed by atoms with Crippen LogP contribution in [0.3, 0.4) is 0 Å². The van der Waals surface area contributed by atoms with E-state index in [1.54, 1.807) is 0 Å². The first-order chi connectivity index (χ1) is 11.7. The molecule has 1 aromatic rings. The summed E-state index contributed by atoms with van der Waals surface area (Å²) in [4.78, 5) is 29.6. The molecule has 132 valence electrons. The molecule has 0 bridgehead atoms. The van der Waals surface area contributed by atoms with Crippen molar-refractivity contribution in [2.75, 3.05) is 39.3 Å². The van der Waals surface area contributed by atoms with Crippen LogP contribution in [0.5, 0.6) is 0 Å². The molecule has 6 heteroatoms. The lowest BCUT2D eigenvalue weighted by Crippen LogP contribution is -2.51. The maximum Gasteiger partial charge on any atom is 0.261 e. The normalized spacial score (nSPS) is 20.1. The van der Waals surface area contributed by atoms with Crippen LogP contribution in [-0.4, -0.2) is 60.9 Å². The third kappa shape index (κ3) is 4.57. The third-order valence-corrected chi connectivity index (χ3v) is 5.97. The van der Waals surface area contributed by atoms with E-state index in [-0.39, 0.29) is 11.8 Å². The Labute approximate surface area is 148 Å². The van der Waals surface area contributed by atoms with Gasteiger partial charge in [-0.1, -0.05) is 25.3 Å². The number of thiophene rings is 1. The first kappa shape index (κ1) is 17.4. The minimum absolute atomic E-state index is 0.0103. The highest BCUT2D eigenvalue weighted by Gasteiger charge is 2.28. The Morgan fingerprint density at radius 2 is 1.88 bits per heavy atom. The summed E-state index contributed by atoms with van der Waals surface area (Å²) in [5, 5.41) is 4.88. The highest BCUT2D eigenvalue weighted by molar-refractivity contribution is 7.12. The second kappa shape index (κ2) is 8.62. The lowest BCUT2D eigenvalue weighted by Gasteiger charge is -2.37. The molecule has 5 nitrogen and oxygen atoms in total. The monoisotopic (exact) mass is 349 g/mol. The summed E-state index contributed by atoms with van der Waals surface area (Å²) >= 11 is 1.46. The fourth-order valence-electron chi connectivity index (χ4n) is 3.62. The summed E-state index contributed by atoms with van der Waals surface area (Å²) in [5.74, 6) is 0.659. The van der Waals surface area contributed by atoms with Crippen molar-refractivity contribution in [2.45, 2.75) is 32.1 Å². The van der Waals surface area contributed by atoms with Crippen LogP contribution < -0.4 is 5.32 Å². The van der Waals surface area contributed by atoms with Gasteiger partial charge >= 0.3 is 0 Å². The summed E-state index contributed by atoms with van der Waals surface area (Å²) in [6, 6.07) is 3.73. The smallest absolute Gasteiger partial charge is 0.261 e. The number of carbonyl (C=O) groups is 2. The molecule has 1 saturated carbocycles. The summed E-state index contributed by atoms with van der Waals surface area (Å²) in [6.07, 6.45) is 5.86. The Kier molecular flexibility index (Phi) is 6.26. The van der Waals surface area contributed by atoms with Gasteiger partial charge < -0.3 is 10.2 Å². The summed E-state index contributed by atoms with van der Waals surface area (Å²) in [6.45, 7) is 4.99. The van der Waals surface area contributed by atoms with E-state index in [4.69, 9.17) is 0 Å². The number of nitrogens with zero attached hydrogens (tertiary/aromatic N) is 2. The Balaban J connectivity index is 1.34. The molecule has 24 heavy (non-hydrogen) atoms. The van der Waals surface area contributed by atoms with Crippen molar-refractivity contribution < 1.29 is 9.59 Å². The number of piperazine rings is 1. The van der Waals surface area contributed by atoms with E-state index in [1.165, 1.54) is 30.6 Å². The number of hydrogen-bond donors (Lipinski definition) is 1. The van der Waals surface area contributed by atoms with Gasteiger partial charge in [0, 0.05) is 45.2 Å². The van der Waals surface area contributed by atoms with E-state index >= 15 is 0 Å². The van der Waals surface area contributed by atoms with Crippen LogP contribution in [0, 0.1) is 5.92 Å². The second-order valence-corrected chi connectivity index (χ2v) is 7.68. The molecular formula is C18H27N3O2S. The van der Waals surface area contributed by atoms with Crippen molar-refractivity contribution in [3.8, 4) is 0 Å². The molecular weight excluding hydrogens is 322 g/mol. The third-order valence-electron chi connectivity index (χ3n) is 5.10. The number of hydrogen-bond acceptors (Lipinski definition) is 4. The van der Waals surface area contributed by atoms with Crippen molar-refractivity contribution in [3.05, 3.63) is 22.4 Å². The lowest BCUT2D eigenvalue weighted by atomic mass is 9.88. The van der Waals surface area contributed by atoms with Crippen LogP contribution in [0.1, 0.15) is 41.8 Å². The molecule has 0 atom stereocenters. The van der Waals surface area contributed by atoms with E-state index in [1.807, 2.05) is 17.5 Å². The van der Waals surface area contributed by atoms with E-state index in [9.17, 15) is 9.59 Å². The molecule has 0 radical (unpaired) electrons. The summed E-state index contributed by atoms with van der Waals surface area (Å²) in [5.41, 5.74) is 0. The minimum Gasteiger partial charge on any atom is -0.350 e. The number of rotatable bonds is 5. The van der Waals surface area contributed by atoms with Crippen LogP contribution in [0.15, 0.2) is 17.5 Å². The molecule has 1 N–H and O–H groups in total. The fraction of sp³-hybridized carbons (Fsp3) is 0.667. The predicted molar refractivity (Wildman–Crippen MR) is 96.2 cm³/mol. The molecule has 1 aliphatic carbocycles. The first-order valence-corrected chi connectivity index (χ1v) is 9.95. The van der Waals surface area contributed by atoms with Gasteiger partial charge in [-0.3, -0.25) is 14.5 Å². The van der Waals surface area contributed by atoms with Gasteiger partial charge in [-0.05, 0) is 24.3 Å². The maximum atomic E-state index is 12.5. The van der Waals surface area contributed by atoms with Crippen LogP contribution in [0.4, 0.5) is 0 Å². The van der Waals surface area contributed by atoms with Gasteiger partial charge in [0.2, 0.25) is 5.91 Å². The number of nitrogens with one attached hydrogen (secondary N) is 1. The van der Waals surface area contributed by atoms with Gasteiger partial charge in [-0.2, -0.15) is 0 Å². The topological polar surface area (TPSA) is 52.7 Å². The molecule has 0 unspecified atom stereocenters. The van der Waals surface area contributed by atoms with Crippen molar-refractivity contribution in [3.63, 3.8) is 0 Å². The summed E-state index contributed by atoms with van der Waals surface area (Å²) in [7, 11) is 0. The van der Waals surface area contributed by atoms with E-state index < -0.39 is 0 Å². The van der Waals surface area contributed by atoms with Gasteiger partial charge in [0.05, 0.1) is 4.88 Å². The number of carbonyl (C=O) groups excluding carboxylic acids is 2. The Bertz CT molecular complexity index is 532. The predicted octanol–water partition coefficient (Wildman–Crippen LogP) is 2.20. The molecule has 2 heterocycles. The quantitative estimate of drug-likeness (QED) is 0.887. The molecule has 1 saturated heterocycles. The molecule has 0 spiro atoms. The van der Waals surface area contributed by atoms with E-state index in [0.29, 0.717) is 12.5 Å². The van der Waals surface area contributed by atoms with Crippen LogP contribution in [-0.2, 0) is 4.79 Å². The average molecular weight is 350 g/mol. The highest BCUT2D eigenvalue weighted by Crippen LogP contribution is 2.25. The second-order valence-electron chi connectivity index (χ2n) is 6.74. The molecule has 2 fully saturated rings. The standard InChI is InChI=1S/C18H27N3O2S/c22-17(16-7-4-14-24-16)19-8-9-20-10-12-21(13-11-20)18(23)15-5-2-1-3-6-15/h4,7,14-15H,1-3,5-6,8-13H2,(H,19,22). The van der Waals surface area contributed by atoms with Crippen LogP contribution >= 0.6 is 11.3 Å². The van der Waals surface area contributed by atoms with Crippen molar-refractivity contribution in [1.29, 1.82) is 0 Å². The zero-order chi connectivity index (χ0) is 16.8. The molecule has 1 aromatic heterocycles. The van der Waals surface area contributed by atoms with Crippen molar-refractivity contribution in [2.24, 2.45) is 5.92 Å². The minimum atomic E-state index is 0.0103. The molecule has 2 amide bonds. The fourth-order valence-corrected chi connectivity index (χ4v) is 4.26. The highest BCUT2D eigenvalue weighted by atomic mass is 32.1. The largest absolute Gasteiger partial charge is 0.350 e. The van der Waals surface area contributed by atoms with Gasteiger partial charge in [0.1, 0.15) is 0 Å². The van der Waals surface area contributed by atoms with Gasteiger partial charge in [-0.15, -0.1) is 11.3 Å². The SMILES string of the molecule is O=C(NCCN1CCN(C(=O)C2CCCCC2)CC1)c1cccs1. The molecule has 0 aromatic carbocycles. The Hall–Kier alpha value is -1.40. The lowest BCUT2D eigenvalue weighted by molar-refractivity contribution is -0.138. The number of amides is 2. The summed E-state index contributed by atoms with van der Waals surface area (Å²) < 4.78 is 0.